The Morgan fingerprint density at radius 2 is 1.47 bits per heavy atom. The highest BCUT2D eigenvalue weighted by Gasteiger charge is 2.39. The number of hydrogen-bond acceptors (Lipinski definition) is 8. The van der Waals surface area contributed by atoms with Gasteiger partial charge in [0.05, 0.1) is 55.4 Å². The molecule has 55 heavy (non-hydrogen) atoms. The van der Waals surface area contributed by atoms with E-state index in [0.29, 0.717) is 13.1 Å². The van der Waals surface area contributed by atoms with Gasteiger partial charge in [0, 0.05) is 24.3 Å². The minimum atomic E-state index is -0.690. The van der Waals surface area contributed by atoms with Gasteiger partial charge in [-0.2, -0.15) is 0 Å². The van der Waals surface area contributed by atoms with E-state index in [1.165, 1.54) is 19.8 Å². The monoisotopic (exact) mass is 751 g/mol. The summed E-state index contributed by atoms with van der Waals surface area (Å²) in [5, 5.41) is 2.72. The lowest BCUT2D eigenvalue weighted by molar-refractivity contribution is -0.148. The van der Waals surface area contributed by atoms with Gasteiger partial charge in [0.15, 0.2) is 0 Å². The molecule has 2 aliphatic heterocycles. The fourth-order valence-electron chi connectivity index (χ4n) is 8.62. The lowest BCUT2D eigenvalue weighted by atomic mass is 9.90. The zero-order valence-electron chi connectivity index (χ0n) is 32.7. The van der Waals surface area contributed by atoms with E-state index in [0.717, 1.165) is 95.7 Å². The SMILES string of the molecule is COC(=O)C[C@H](C(=O)N1CCC[C@H]1c1nc2c([nH]1)CCCc1cc(-c3ccc4nc([C@@H]5CCCN5C(=O)[C@@H](NC(=O)OC)C(C)C)[nH]c4c3)ccc1-2)C(C)C. The number of imidazole rings is 2. The summed E-state index contributed by atoms with van der Waals surface area (Å²) in [5.41, 5.74) is 8.29. The van der Waals surface area contributed by atoms with Gasteiger partial charge >= 0.3 is 12.1 Å². The number of aromatic amines is 2. The third-order valence-corrected chi connectivity index (χ3v) is 11.7. The Bertz CT molecular complexity index is 2080. The van der Waals surface area contributed by atoms with Gasteiger partial charge in [-0.3, -0.25) is 14.4 Å². The van der Waals surface area contributed by atoms with Crippen LogP contribution >= 0.6 is 0 Å². The largest absolute Gasteiger partial charge is 0.469 e. The molecule has 0 unspecified atom stereocenters. The van der Waals surface area contributed by atoms with E-state index in [2.05, 4.69) is 45.6 Å². The molecule has 0 saturated carbocycles. The summed E-state index contributed by atoms with van der Waals surface area (Å²) in [4.78, 5) is 72.6. The van der Waals surface area contributed by atoms with E-state index in [-0.39, 0.29) is 48.1 Å². The standard InChI is InChI=1S/C42H53N7O6/c1-23(2)29(22-35(50)54-5)40(51)48-18-8-13-34(48)39-44-31-11-7-10-27-20-25(14-16-28(27)37(31)46-39)26-15-17-30-32(21-26)45-38(43-30)33-12-9-19-49(33)41(52)36(24(3)4)47-42(53)55-6/h14-17,20-21,23-24,29,33-34,36H,7-13,18-19,22H2,1-6H3,(H,43,45)(H,44,46)(H,47,53)/t29-,33-,34-,36-/m0/s1. The molecule has 0 spiro atoms. The second kappa shape index (κ2) is 15.9. The highest BCUT2D eigenvalue weighted by molar-refractivity contribution is 5.87. The summed E-state index contributed by atoms with van der Waals surface area (Å²) in [6, 6.07) is 11.7. The summed E-state index contributed by atoms with van der Waals surface area (Å²) in [6.45, 7) is 9.02. The average molecular weight is 752 g/mol. The van der Waals surface area contributed by atoms with Gasteiger partial charge in [-0.05, 0) is 85.6 Å². The molecule has 3 N–H and O–H groups in total. The van der Waals surface area contributed by atoms with Crippen molar-refractivity contribution >= 4 is 34.9 Å². The number of ether oxygens (including phenoxy) is 2. The van der Waals surface area contributed by atoms with Crippen LogP contribution in [0.1, 0.15) is 101 Å². The smallest absolute Gasteiger partial charge is 0.407 e. The molecule has 7 rings (SSSR count). The van der Waals surface area contributed by atoms with Crippen molar-refractivity contribution in [3.8, 4) is 22.4 Å². The fraction of sp³-hybridized carbons (Fsp3) is 0.524. The molecule has 1 aliphatic carbocycles. The van der Waals surface area contributed by atoms with Crippen LogP contribution in [0.2, 0.25) is 0 Å². The first-order chi connectivity index (χ1) is 26.5. The predicted octanol–water partition coefficient (Wildman–Crippen LogP) is 6.65. The van der Waals surface area contributed by atoms with Crippen molar-refractivity contribution in [2.45, 2.75) is 97.2 Å². The van der Waals surface area contributed by atoms with Crippen molar-refractivity contribution in [1.82, 2.24) is 35.1 Å². The maximum atomic E-state index is 13.8. The van der Waals surface area contributed by atoms with Crippen molar-refractivity contribution in [1.29, 1.82) is 0 Å². The van der Waals surface area contributed by atoms with Crippen LogP contribution < -0.4 is 5.32 Å². The number of carbonyl (C=O) groups is 4. The minimum Gasteiger partial charge on any atom is -0.469 e. The maximum absolute atomic E-state index is 13.8. The Morgan fingerprint density at radius 3 is 2.15 bits per heavy atom. The van der Waals surface area contributed by atoms with E-state index in [1.54, 1.807) is 0 Å². The van der Waals surface area contributed by atoms with E-state index in [9.17, 15) is 19.2 Å². The number of nitrogens with zero attached hydrogens (tertiary/aromatic N) is 4. The number of benzene rings is 2. The lowest BCUT2D eigenvalue weighted by Crippen LogP contribution is -2.51. The van der Waals surface area contributed by atoms with Gasteiger partial charge in [0.1, 0.15) is 17.7 Å². The van der Waals surface area contributed by atoms with Crippen LogP contribution in [0, 0.1) is 17.8 Å². The predicted molar refractivity (Wildman–Crippen MR) is 208 cm³/mol. The van der Waals surface area contributed by atoms with Crippen LogP contribution in [0.15, 0.2) is 36.4 Å². The molecule has 3 aliphatic rings. The van der Waals surface area contributed by atoms with Crippen molar-refractivity contribution in [2.75, 3.05) is 27.3 Å². The molecule has 0 bridgehead atoms. The van der Waals surface area contributed by atoms with Crippen molar-refractivity contribution in [3.05, 3.63) is 59.3 Å². The molecule has 13 heteroatoms. The highest BCUT2D eigenvalue weighted by Crippen LogP contribution is 2.39. The van der Waals surface area contributed by atoms with Crippen molar-refractivity contribution < 1.29 is 28.7 Å². The molecule has 2 aromatic heterocycles. The number of nitrogens with one attached hydrogen (secondary N) is 3. The van der Waals surface area contributed by atoms with Crippen molar-refractivity contribution in [2.24, 2.45) is 17.8 Å². The Morgan fingerprint density at radius 1 is 0.800 bits per heavy atom. The zero-order valence-corrected chi connectivity index (χ0v) is 32.7. The molecule has 2 aromatic carbocycles. The van der Waals surface area contributed by atoms with Gasteiger partial charge in [0.25, 0.3) is 0 Å². The van der Waals surface area contributed by atoms with Crippen LogP contribution in [0.3, 0.4) is 0 Å². The van der Waals surface area contributed by atoms with E-state index < -0.39 is 18.1 Å². The second-order valence-corrected chi connectivity index (χ2v) is 15.9. The van der Waals surface area contributed by atoms with Gasteiger partial charge in [0.2, 0.25) is 11.8 Å². The number of amides is 3. The summed E-state index contributed by atoms with van der Waals surface area (Å²) in [7, 11) is 2.66. The zero-order chi connectivity index (χ0) is 39.0. The number of aryl methyl sites for hydroxylation is 2. The third-order valence-electron chi connectivity index (χ3n) is 11.7. The molecule has 2 saturated heterocycles. The van der Waals surface area contributed by atoms with Gasteiger partial charge in [-0.15, -0.1) is 0 Å². The molecule has 4 atom stereocenters. The molecular formula is C42H53N7O6. The molecule has 4 aromatic rings. The maximum Gasteiger partial charge on any atom is 0.407 e. The second-order valence-electron chi connectivity index (χ2n) is 15.9. The highest BCUT2D eigenvalue weighted by atomic mass is 16.5. The number of hydrogen-bond donors (Lipinski definition) is 3. The quantitative estimate of drug-likeness (QED) is 0.152. The summed E-state index contributed by atoms with van der Waals surface area (Å²) in [6.07, 6.45) is 5.56. The van der Waals surface area contributed by atoms with Gasteiger partial charge < -0.3 is 34.6 Å². The number of aromatic nitrogens is 4. The Kier molecular flexibility index (Phi) is 11.0. The van der Waals surface area contributed by atoms with Gasteiger partial charge in [-0.25, -0.2) is 14.8 Å². The molecule has 4 heterocycles. The molecule has 292 valence electrons. The molecule has 3 amide bonds. The van der Waals surface area contributed by atoms with Crippen LogP contribution in [0.4, 0.5) is 4.79 Å². The Hall–Kier alpha value is -5.20. The van der Waals surface area contributed by atoms with Crippen LogP contribution in [-0.2, 0) is 36.7 Å². The van der Waals surface area contributed by atoms with Crippen LogP contribution in [0.25, 0.3) is 33.4 Å². The summed E-state index contributed by atoms with van der Waals surface area (Å²) >= 11 is 0. The van der Waals surface area contributed by atoms with E-state index >= 15 is 0 Å². The van der Waals surface area contributed by atoms with Gasteiger partial charge in [-0.1, -0.05) is 52.0 Å². The Balaban J connectivity index is 1.12. The van der Waals surface area contributed by atoms with E-state index in [1.807, 2.05) is 43.6 Å². The lowest BCUT2D eigenvalue weighted by Gasteiger charge is -2.29. The first kappa shape index (κ1) is 38.1. The molecule has 2 fully saturated rings. The fourth-order valence-corrected chi connectivity index (χ4v) is 8.62. The first-order valence-electron chi connectivity index (χ1n) is 19.7. The summed E-state index contributed by atoms with van der Waals surface area (Å²) < 4.78 is 9.69. The van der Waals surface area contributed by atoms with Crippen molar-refractivity contribution in [3.63, 3.8) is 0 Å². The third kappa shape index (κ3) is 7.57. The number of fused-ring (bicyclic) bond motifs is 4. The number of carbonyl (C=O) groups excluding carboxylic acids is 4. The van der Waals surface area contributed by atoms with Crippen LogP contribution in [-0.4, -0.2) is 87.0 Å². The topological polar surface area (TPSA) is 163 Å². The van der Waals surface area contributed by atoms with Crippen LogP contribution in [0.5, 0.6) is 0 Å². The molecular weight excluding hydrogens is 699 g/mol. The number of esters is 1. The number of rotatable bonds is 10. The molecule has 0 radical (unpaired) electrons. The summed E-state index contributed by atoms with van der Waals surface area (Å²) in [5.74, 6) is 0.511. The number of methoxy groups -OCH3 is 2. The number of H-pyrrole nitrogens is 2. The van der Waals surface area contributed by atoms with E-state index in [4.69, 9.17) is 19.4 Å². The normalized spacial score (nSPS) is 19.3. The number of alkyl carbamates (subject to hydrolysis) is 1. The number of likely N-dealkylation sites (tertiary alicyclic amines) is 2. The Labute approximate surface area is 321 Å². The minimum absolute atomic E-state index is 0.00690. The average Bonchev–Trinajstić information content (AvgIpc) is 3.99. The first-order valence-corrected chi connectivity index (χ1v) is 19.7. The molecule has 13 nitrogen and oxygen atoms in total.